The van der Waals surface area contributed by atoms with E-state index in [4.69, 9.17) is 9.47 Å². The maximum Gasteiger partial charge on any atom is 0.334 e. The molecule has 0 aromatic carbocycles. The molecular formula is C38H60O11. The molecule has 0 amide bonds. The Balaban J connectivity index is 2.17. The van der Waals surface area contributed by atoms with Crippen molar-refractivity contribution in [2.24, 2.45) is 11.8 Å². The van der Waals surface area contributed by atoms with Crippen molar-refractivity contribution >= 4 is 5.97 Å². The number of esters is 1. The molecule has 278 valence electrons. The zero-order valence-corrected chi connectivity index (χ0v) is 29.4. The Hall–Kier alpha value is -2.45. The van der Waals surface area contributed by atoms with E-state index in [1.807, 2.05) is 44.2 Å². The van der Waals surface area contributed by atoms with Gasteiger partial charge in [0, 0.05) is 37.2 Å². The quantitative estimate of drug-likeness (QED) is 0.149. The van der Waals surface area contributed by atoms with Crippen LogP contribution in [0.1, 0.15) is 85.5 Å². The molecule has 2 rings (SSSR count). The molecule has 0 saturated carbocycles. The van der Waals surface area contributed by atoms with Gasteiger partial charge < -0.3 is 50.3 Å². The fraction of sp³-hybridized carbons (Fsp3) is 0.658. The van der Waals surface area contributed by atoms with Crippen LogP contribution in [0.2, 0.25) is 0 Å². The molecule has 0 aromatic heterocycles. The van der Waals surface area contributed by atoms with Crippen molar-refractivity contribution in [1.82, 2.24) is 0 Å². The van der Waals surface area contributed by atoms with E-state index in [1.54, 1.807) is 38.2 Å². The van der Waals surface area contributed by atoms with E-state index in [0.29, 0.717) is 18.4 Å². The minimum absolute atomic E-state index is 0.0484. The number of aliphatic hydroxyl groups excluding tert-OH is 7. The van der Waals surface area contributed by atoms with E-state index >= 15 is 0 Å². The van der Waals surface area contributed by atoms with Crippen molar-refractivity contribution in [3.05, 3.63) is 72.4 Å². The van der Waals surface area contributed by atoms with E-state index in [-0.39, 0.29) is 50.9 Å². The van der Waals surface area contributed by atoms with Crippen molar-refractivity contribution in [3.63, 3.8) is 0 Å². The molecule has 2 aliphatic rings. The first kappa shape index (κ1) is 42.7. The Morgan fingerprint density at radius 3 is 1.94 bits per heavy atom. The van der Waals surface area contributed by atoms with Crippen LogP contribution in [-0.4, -0.2) is 108 Å². The Labute approximate surface area is 291 Å². The van der Waals surface area contributed by atoms with Gasteiger partial charge in [-0.3, -0.25) is 0 Å². The first-order chi connectivity index (χ1) is 23.1. The lowest BCUT2D eigenvalue weighted by molar-refractivity contribution is -0.282. The number of aliphatic hydroxyl groups is 8. The van der Waals surface area contributed by atoms with Gasteiger partial charge in [0.25, 0.3) is 0 Å². The first-order valence-corrected chi connectivity index (χ1v) is 17.5. The number of fused-ring (bicyclic) bond motifs is 2. The van der Waals surface area contributed by atoms with E-state index < -0.39 is 72.6 Å². The van der Waals surface area contributed by atoms with Crippen LogP contribution in [0, 0.1) is 11.8 Å². The smallest absolute Gasteiger partial charge is 0.334 e. The molecule has 1 saturated heterocycles. The number of carbonyl (C=O) groups excluding carboxylic acids is 1. The molecule has 11 heteroatoms. The minimum atomic E-state index is -1.76. The third kappa shape index (κ3) is 16.9. The molecule has 11 nitrogen and oxygen atoms in total. The number of rotatable bonds is 1. The molecule has 11 atom stereocenters. The molecule has 2 heterocycles. The molecule has 0 aliphatic carbocycles. The van der Waals surface area contributed by atoms with E-state index in [0.717, 1.165) is 0 Å². The van der Waals surface area contributed by atoms with Gasteiger partial charge in [-0.05, 0) is 44.9 Å². The van der Waals surface area contributed by atoms with Crippen molar-refractivity contribution in [2.45, 2.75) is 146 Å². The number of allylic oxidation sites excluding steroid dienone is 8. The van der Waals surface area contributed by atoms with Crippen LogP contribution in [0.15, 0.2) is 72.4 Å². The predicted octanol–water partition coefficient (Wildman–Crippen LogP) is 3.06. The number of carbonyl (C=O) groups is 1. The van der Waals surface area contributed by atoms with E-state index in [1.165, 1.54) is 12.2 Å². The van der Waals surface area contributed by atoms with Crippen LogP contribution in [0.25, 0.3) is 0 Å². The molecule has 2 bridgehead atoms. The standard InChI is InChI=1S/C38H60O11/c1-25(2)36-27(4)35(45)22-31(42)20-30(41)18-28(39)15-13-16-29(40)19-32(43)23-38(47)24-33(44)21-34(49-38)17-12-10-8-6-5-7-9-11-14-26(3)37(46)48-36/h5-14,16,25,27-36,39-45,47H,15,17-24H2,1-4H3. The molecule has 2 aliphatic heterocycles. The summed E-state index contributed by atoms with van der Waals surface area (Å²) in [5.74, 6) is -2.88. The summed E-state index contributed by atoms with van der Waals surface area (Å²) >= 11 is 0. The van der Waals surface area contributed by atoms with E-state index in [9.17, 15) is 45.6 Å². The Morgan fingerprint density at radius 1 is 0.714 bits per heavy atom. The SMILES string of the molecule is CC1=CC=CC=CC=CC=CCC2CC(O)CC(O)(CC(O)CC(O)C=CCC(O)CC(O)CC(O)CC(O)C(C)C(C(C)C)OC1=O)O2. The molecule has 0 radical (unpaired) electrons. The fourth-order valence-corrected chi connectivity index (χ4v) is 6.23. The fourth-order valence-electron chi connectivity index (χ4n) is 6.23. The normalized spacial score (nSPS) is 37.6. The van der Waals surface area contributed by atoms with Gasteiger partial charge in [-0.1, -0.05) is 87.6 Å². The summed E-state index contributed by atoms with van der Waals surface area (Å²) in [6.45, 7) is 7.15. The van der Waals surface area contributed by atoms with Crippen LogP contribution in [0.3, 0.4) is 0 Å². The first-order valence-electron chi connectivity index (χ1n) is 17.5. The highest BCUT2D eigenvalue weighted by Gasteiger charge is 2.41. The van der Waals surface area contributed by atoms with Gasteiger partial charge in [-0.2, -0.15) is 0 Å². The van der Waals surface area contributed by atoms with Gasteiger partial charge >= 0.3 is 5.97 Å². The monoisotopic (exact) mass is 692 g/mol. The summed E-state index contributed by atoms with van der Waals surface area (Å²) in [6, 6.07) is 0. The van der Waals surface area contributed by atoms with Crippen LogP contribution in [0.5, 0.6) is 0 Å². The van der Waals surface area contributed by atoms with Gasteiger partial charge in [0.1, 0.15) is 6.10 Å². The summed E-state index contributed by atoms with van der Waals surface area (Å²) in [6.07, 6.45) is 11.0. The lowest BCUT2D eigenvalue weighted by atomic mass is 9.86. The maximum absolute atomic E-state index is 12.8. The number of hydrogen-bond donors (Lipinski definition) is 8. The Morgan fingerprint density at radius 2 is 1.29 bits per heavy atom. The summed E-state index contributed by atoms with van der Waals surface area (Å²) in [5, 5.41) is 84.6. The summed E-state index contributed by atoms with van der Waals surface area (Å²) in [5.41, 5.74) is 0.379. The second-order valence-electron chi connectivity index (χ2n) is 14.0. The van der Waals surface area contributed by atoms with Crippen molar-refractivity contribution in [2.75, 3.05) is 0 Å². The highest BCUT2D eigenvalue weighted by atomic mass is 16.6. The number of hydrogen-bond acceptors (Lipinski definition) is 11. The Kier molecular flexibility index (Phi) is 18.9. The summed E-state index contributed by atoms with van der Waals surface area (Å²) < 4.78 is 11.6. The third-order valence-corrected chi connectivity index (χ3v) is 8.81. The van der Waals surface area contributed by atoms with E-state index in [2.05, 4.69) is 0 Å². The molecule has 8 N–H and O–H groups in total. The molecule has 0 spiro atoms. The van der Waals surface area contributed by atoms with Crippen LogP contribution >= 0.6 is 0 Å². The van der Waals surface area contributed by atoms with Crippen LogP contribution < -0.4 is 0 Å². The zero-order valence-electron chi connectivity index (χ0n) is 29.4. The maximum atomic E-state index is 12.8. The highest BCUT2D eigenvalue weighted by Crippen LogP contribution is 2.33. The molecular weight excluding hydrogens is 632 g/mol. The lowest BCUT2D eigenvalue weighted by Gasteiger charge is -2.40. The van der Waals surface area contributed by atoms with Crippen molar-refractivity contribution in [3.8, 4) is 0 Å². The van der Waals surface area contributed by atoms with Gasteiger partial charge in [0.2, 0.25) is 0 Å². The molecule has 0 aromatic rings. The summed E-state index contributed by atoms with van der Waals surface area (Å²) in [7, 11) is 0. The van der Waals surface area contributed by atoms with Crippen molar-refractivity contribution < 1.29 is 55.1 Å². The topological polar surface area (TPSA) is 197 Å². The number of ether oxygens (including phenoxy) is 2. The van der Waals surface area contributed by atoms with Crippen LogP contribution in [0.4, 0.5) is 0 Å². The average Bonchev–Trinajstić information content (AvgIpc) is 2.98. The van der Waals surface area contributed by atoms with Crippen molar-refractivity contribution in [1.29, 1.82) is 0 Å². The molecule has 1 fully saturated rings. The lowest BCUT2D eigenvalue weighted by Crippen LogP contribution is -2.48. The summed E-state index contributed by atoms with van der Waals surface area (Å²) in [4.78, 5) is 12.8. The van der Waals surface area contributed by atoms with Gasteiger partial charge in [-0.15, -0.1) is 0 Å². The minimum Gasteiger partial charge on any atom is -0.458 e. The second-order valence-corrected chi connectivity index (χ2v) is 14.0. The number of cyclic esters (lactones) is 1. The van der Waals surface area contributed by atoms with Gasteiger partial charge in [0.15, 0.2) is 5.79 Å². The largest absolute Gasteiger partial charge is 0.458 e. The van der Waals surface area contributed by atoms with Crippen LogP contribution in [-0.2, 0) is 14.3 Å². The molecule has 11 unspecified atom stereocenters. The van der Waals surface area contributed by atoms with Gasteiger partial charge in [-0.25, -0.2) is 4.79 Å². The van der Waals surface area contributed by atoms with Gasteiger partial charge in [0.05, 0.1) is 48.8 Å². The zero-order chi connectivity index (χ0) is 36.6. The average molecular weight is 693 g/mol. The predicted molar refractivity (Wildman–Crippen MR) is 187 cm³/mol. The molecule has 49 heavy (non-hydrogen) atoms. The second kappa shape index (κ2) is 21.7. The Bertz CT molecular complexity index is 1160. The highest BCUT2D eigenvalue weighted by molar-refractivity contribution is 5.88. The third-order valence-electron chi connectivity index (χ3n) is 8.81.